The third kappa shape index (κ3) is 4.74. The van der Waals surface area contributed by atoms with Gasteiger partial charge in [-0.2, -0.15) is 0 Å². The third-order valence-corrected chi connectivity index (χ3v) is 4.47. The number of rotatable bonds is 7. The van der Waals surface area contributed by atoms with E-state index in [1.54, 1.807) is 7.11 Å². The van der Waals surface area contributed by atoms with E-state index in [9.17, 15) is 8.42 Å². The van der Waals surface area contributed by atoms with Gasteiger partial charge < -0.3 is 4.74 Å². The zero-order chi connectivity index (χ0) is 13.6. The second kappa shape index (κ2) is 7.31. The Morgan fingerprint density at radius 1 is 1.22 bits per heavy atom. The second-order valence-corrected chi connectivity index (χ2v) is 6.25. The largest absolute Gasteiger partial charge is 0.385 e. The standard InChI is InChI=1S/C11H15Cl2NO3S/c1-17-7-3-2-6-14-18(15,16)9-4-5-10(12)11(13)8-9/h4-5,8,14H,2-3,6-7H2,1H3. The lowest BCUT2D eigenvalue weighted by Crippen LogP contribution is -2.25. The van der Waals surface area contributed by atoms with Crippen molar-refractivity contribution in [1.29, 1.82) is 0 Å². The Morgan fingerprint density at radius 3 is 2.56 bits per heavy atom. The molecule has 18 heavy (non-hydrogen) atoms. The van der Waals surface area contributed by atoms with Crippen molar-refractivity contribution in [2.24, 2.45) is 0 Å². The first-order valence-corrected chi connectivity index (χ1v) is 7.65. The Morgan fingerprint density at radius 2 is 1.94 bits per heavy atom. The minimum Gasteiger partial charge on any atom is -0.385 e. The van der Waals surface area contributed by atoms with Crippen LogP contribution in [0.3, 0.4) is 0 Å². The Labute approximate surface area is 117 Å². The highest BCUT2D eigenvalue weighted by molar-refractivity contribution is 7.89. The quantitative estimate of drug-likeness (QED) is 0.788. The normalized spacial score (nSPS) is 11.7. The smallest absolute Gasteiger partial charge is 0.240 e. The van der Waals surface area contributed by atoms with E-state index < -0.39 is 10.0 Å². The average Bonchev–Trinajstić information content (AvgIpc) is 2.32. The number of sulfonamides is 1. The molecule has 4 nitrogen and oxygen atoms in total. The molecule has 0 bridgehead atoms. The lowest BCUT2D eigenvalue weighted by Gasteiger charge is -2.07. The molecule has 0 saturated heterocycles. The lowest BCUT2D eigenvalue weighted by molar-refractivity contribution is 0.193. The fourth-order valence-electron chi connectivity index (χ4n) is 1.31. The summed E-state index contributed by atoms with van der Waals surface area (Å²) in [7, 11) is -1.91. The highest BCUT2D eigenvalue weighted by Gasteiger charge is 2.14. The van der Waals surface area contributed by atoms with Crippen LogP contribution in [0, 0.1) is 0 Å². The van der Waals surface area contributed by atoms with Crippen molar-refractivity contribution in [1.82, 2.24) is 4.72 Å². The van der Waals surface area contributed by atoms with Gasteiger partial charge in [-0.3, -0.25) is 0 Å². The predicted molar refractivity (Wildman–Crippen MR) is 72.8 cm³/mol. The van der Waals surface area contributed by atoms with Crippen molar-refractivity contribution >= 4 is 33.2 Å². The zero-order valence-electron chi connectivity index (χ0n) is 9.95. The van der Waals surface area contributed by atoms with Crippen molar-refractivity contribution in [3.63, 3.8) is 0 Å². The minimum absolute atomic E-state index is 0.114. The van der Waals surface area contributed by atoms with Gasteiger partial charge in [-0.05, 0) is 31.0 Å². The monoisotopic (exact) mass is 311 g/mol. The van der Waals surface area contributed by atoms with Crippen LogP contribution in [0.1, 0.15) is 12.8 Å². The van der Waals surface area contributed by atoms with Gasteiger partial charge >= 0.3 is 0 Å². The molecule has 102 valence electrons. The maximum Gasteiger partial charge on any atom is 0.240 e. The van der Waals surface area contributed by atoms with E-state index in [0.717, 1.165) is 6.42 Å². The molecular formula is C11H15Cl2NO3S. The molecule has 7 heteroatoms. The lowest BCUT2D eigenvalue weighted by atomic mass is 10.3. The van der Waals surface area contributed by atoms with Crippen LogP contribution >= 0.6 is 23.2 Å². The molecule has 0 heterocycles. The Hall–Kier alpha value is -0.330. The van der Waals surface area contributed by atoms with Gasteiger partial charge in [0.1, 0.15) is 0 Å². The number of benzene rings is 1. The zero-order valence-corrected chi connectivity index (χ0v) is 12.3. The van der Waals surface area contributed by atoms with Gasteiger partial charge in [0, 0.05) is 20.3 Å². The topological polar surface area (TPSA) is 55.4 Å². The van der Waals surface area contributed by atoms with Crippen LogP contribution in [0.5, 0.6) is 0 Å². The molecular weight excluding hydrogens is 297 g/mol. The van der Waals surface area contributed by atoms with E-state index in [4.69, 9.17) is 27.9 Å². The van der Waals surface area contributed by atoms with E-state index in [2.05, 4.69) is 4.72 Å². The Bertz CT molecular complexity index is 491. The van der Waals surface area contributed by atoms with E-state index in [1.807, 2.05) is 0 Å². The summed E-state index contributed by atoms with van der Waals surface area (Å²) in [6.07, 6.45) is 1.52. The fourth-order valence-corrected chi connectivity index (χ4v) is 2.77. The molecule has 0 aromatic heterocycles. The molecule has 1 aromatic carbocycles. The highest BCUT2D eigenvalue weighted by Crippen LogP contribution is 2.24. The first-order chi connectivity index (χ1) is 8.47. The van der Waals surface area contributed by atoms with Gasteiger partial charge in [0.15, 0.2) is 0 Å². The van der Waals surface area contributed by atoms with E-state index in [-0.39, 0.29) is 9.92 Å². The first kappa shape index (κ1) is 15.7. The van der Waals surface area contributed by atoms with Crippen molar-refractivity contribution < 1.29 is 13.2 Å². The molecule has 0 aliphatic heterocycles. The molecule has 0 atom stereocenters. The summed E-state index contributed by atoms with van der Waals surface area (Å²) in [5, 5.41) is 0.551. The van der Waals surface area contributed by atoms with Crippen LogP contribution in [0.25, 0.3) is 0 Å². The van der Waals surface area contributed by atoms with E-state index in [1.165, 1.54) is 18.2 Å². The van der Waals surface area contributed by atoms with Gasteiger partial charge in [-0.15, -0.1) is 0 Å². The van der Waals surface area contributed by atoms with Gasteiger partial charge in [0.05, 0.1) is 14.9 Å². The van der Waals surface area contributed by atoms with Gasteiger partial charge in [-0.25, -0.2) is 13.1 Å². The van der Waals surface area contributed by atoms with Crippen LogP contribution in [0.4, 0.5) is 0 Å². The molecule has 1 N–H and O–H groups in total. The number of halogens is 2. The molecule has 0 fully saturated rings. The number of hydrogen-bond acceptors (Lipinski definition) is 3. The van der Waals surface area contributed by atoms with Crippen LogP contribution in [0.2, 0.25) is 10.0 Å². The molecule has 1 rings (SSSR count). The second-order valence-electron chi connectivity index (χ2n) is 3.67. The van der Waals surface area contributed by atoms with Gasteiger partial charge in [0.25, 0.3) is 0 Å². The van der Waals surface area contributed by atoms with Crippen molar-refractivity contribution in [2.75, 3.05) is 20.3 Å². The van der Waals surface area contributed by atoms with Crippen LogP contribution in [-0.2, 0) is 14.8 Å². The van der Waals surface area contributed by atoms with Gasteiger partial charge in [0.2, 0.25) is 10.0 Å². The van der Waals surface area contributed by atoms with Crippen molar-refractivity contribution in [2.45, 2.75) is 17.7 Å². The number of hydrogen-bond donors (Lipinski definition) is 1. The highest BCUT2D eigenvalue weighted by atomic mass is 35.5. The summed E-state index contributed by atoms with van der Waals surface area (Å²) in [5.74, 6) is 0. The molecule has 0 amide bonds. The van der Waals surface area contributed by atoms with Crippen molar-refractivity contribution in [3.05, 3.63) is 28.2 Å². The van der Waals surface area contributed by atoms with Crippen LogP contribution < -0.4 is 4.72 Å². The minimum atomic E-state index is -3.52. The maximum atomic E-state index is 11.9. The maximum absolute atomic E-state index is 11.9. The number of methoxy groups -OCH3 is 1. The number of nitrogens with one attached hydrogen (secondary N) is 1. The van der Waals surface area contributed by atoms with Gasteiger partial charge in [-0.1, -0.05) is 23.2 Å². The van der Waals surface area contributed by atoms with E-state index >= 15 is 0 Å². The molecule has 1 aromatic rings. The Balaban J connectivity index is 2.60. The number of ether oxygens (including phenoxy) is 1. The van der Waals surface area contributed by atoms with Crippen molar-refractivity contribution in [3.8, 4) is 0 Å². The SMILES string of the molecule is COCCCCNS(=O)(=O)c1ccc(Cl)c(Cl)c1. The first-order valence-electron chi connectivity index (χ1n) is 5.41. The summed E-state index contributed by atoms with van der Waals surface area (Å²) in [4.78, 5) is 0.114. The summed E-state index contributed by atoms with van der Waals surface area (Å²) < 4.78 is 31.1. The molecule has 0 aliphatic carbocycles. The number of unbranched alkanes of at least 4 members (excludes halogenated alkanes) is 1. The molecule has 0 aliphatic rings. The Kier molecular flexibility index (Phi) is 6.38. The molecule has 0 radical (unpaired) electrons. The predicted octanol–water partition coefficient (Wildman–Crippen LogP) is 2.70. The summed E-state index contributed by atoms with van der Waals surface area (Å²) >= 11 is 11.5. The summed E-state index contributed by atoms with van der Waals surface area (Å²) in [6.45, 7) is 0.987. The molecule has 0 spiro atoms. The van der Waals surface area contributed by atoms with E-state index in [0.29, 0.717) is 24.6 Å². The molecule has 0 saturated carbocycles. The summed E-state index contributed by atoms with van der Waals surface area (Å²) in [6, 6.07) is 4.22. The average molecular weight is 312 g/mol. The molecule has 0 unspecified atom stereocenters. The summed E-state index contributed by atoms with van der Waals surface area (Å²) in [5.41, 5.74) is 0. The fraction of sp³-hybridized carbons (Fsp3) is 0.455. The third-order valence-electron chi connectivity index (χ3n) is 2.27. The van der Waals surface area contributed by atoms with Crippen LogP contribution in [-0.4, -0.2) is 28.7 Å². The van der Waals surface area contributed by atoms with Crippen LogP contribution in [0.15, 0.2) is 23.1 Å².